The summed E-state index contributed by atoms with van der Waals surface area (Å²) >= 11 is 7.10. The van der Waals surface area contributed by atoms with Crippen LogP contribution in [0.4, 0.5) is 5.69 Å². The normalized spacial score (nSPS) is 19.1. The first-order valence-corrected chi connectivity index (χ1v) is 7.53. The minimum absolute atomic E-state index is 0.455. The fourth-order valence-electron chi connectivity index (χ4n) is 2.29. The molecule has 0 N–H and O–H groups in total. The van der Waals surface area contributed by atoms with Gasteiger partial charge in [0, 0.05) is 28.6 Å². The van der Waals surface area contributed by atoms with E-state index in [-0.39, 0.29) is 0 Å². The molecule has 1 aromatic carbocycles. The number of alkyl halides is 1. The van der Waals surface area contributed by atoms with Gasteiger partial charge in [-0.05, 0) is 35.6 Å². The molecule has 0 spiro atoms. The van der Waals surface area contributed by atoms with E-state index in [2.05, 4.69) is 68.8 Å². The molecule has 0 aliphatic carbocycles. The van der Waals surface area contributed by atoms with Crippen molar-refractivity contribution in [2.75, 3.05) is 18.0 Å². The highest BCUT2D eigenvalue weighted by atomic mass is 79.9. The lowest BCUT2D eigenvalue weighted by Crippen LogP contribution is -2.23. The lowest BCUT2D eigenvalue weighted by atomic mass is 9.93. The van der Waals surface area contributed by atoms with Gasteiger partial charge in [0.1, 0.15) is 0 Å². The van der Waals surface area contributed by atoms with Crippen molar-refractivity contribution in [3.8, 4) is 0 Å². The Labute approximate surface area is 114 Å². The van der Waals surface area contributed by atoms with Crippen LogP contribution >= 0.6 is 31.9 Å². The van der Waals surface area contributed by atoms with Gasteiger partial charge in [0.05, 0.1) is 0 Å². The van der Waals surface area contributed by atoms with Crippen LogP contribution in [0.15, 0.2) is 22.7 Å². The molecule has 0 atom stereocenters. The second-order valence-corrected chi connectivity index (χ2v) is 6.72. The molecule has 1 nitrogen and oxygen atoms in total. The predicted octanol–water partition coefficient (Wildman–Crippen LogP) is 4.58. The number of hydrogen-bond acceptors (Lipinski definition) is 1. The first kappa shape index (κ1) is 12.4. The van der Waals surface area contributed by atoms with Crippen LogP contribution < -0.4 is 4.90 Å². The van der Waals surface area contributed by atoms with Crippen LogP contribution in [0.2, 0.25) is 0 Å². The Bertz CT molecular complexity index is 388. The second kappa shape index (κ2) is 4.69. The molecule has 1 aliphatic rings. The van der Waals surface area contributed by atoms with E-state index in [4.69, 9.17) is 0 Å². The molecule has 0 unspecified atom stereocenters. The highest BCUT2D eigenvalue weighted by Gasteiger charge is 2.30. The molecular formula is C13H17Br2N. The first-order chi connectivity index (χ1) is 7.52. The standard InChI is InChI=1S/C13H17Br2N/c1-13(2)5-6-16(9-13)12-4-3-11(15)7-10(12)8-14/h3-4,7H,5-6,8-9H2,1-2H3. The fourth-order valence-corrected chi connectivity index (χ4v) is 3.15. The third-order valence-electron chi connectivity index (χ3n) is 3.20. The highest BCUT2D eigenvalue weighted by Crippen LogP contribution is 2.35. The number of hydrogen-bond donors (Lipinski definition) is 0. The van der Waals surface area contributed by atoms with E-state index in [1.54, 1.807) is 0 Å². The maximum absolute atomic E-state index is 3.57. The molecule has 1 saturated heterocycles. The molecule has 0 bridgehead atoms. The molecule has 0 radical (unpaired) electrons. The van der Waals surface area contributed by atoms with E-state index in [9.17, 15) is 0 Å². The van der Waals surface area contributed by atoms with Crippen LogP contribution in [0.5, 0.6) is 0 Å². The minimum Gasteiger partial charge on any atom is -0.371 e. The van der Waals surface area contributed by atoms with Gasteiger partial charge in [0.15, 0.2) is 0 Å². The van der Waals surface area contributed by atoms with E-state index < -0.39 is 0 Å². The number of halogens is 2. The molecule has 3 heteroatoms. The van der Waals surface area contributed by atoms with E-state index in [0.29, 0.717) is 5.41 Å². The van der Waals surface area contributed by atoms with Crippen LogP contribution in [0.1, 0.15) is 25.8 Å². The van der Waals surface area contributed by atoms with Crippen LogP contribution in [-0.2, 0) is 5.33 Å². The van der Waals surface area contributed by atoms with Gasteiger partial charge in [-0.1, -0.05) is 45.7 Å². The predicted molar refractivity (Wildman–Crippen MR) is 77.4 cm³/mol. The van der Waals surface area contributed by atoms with Crippen LogP contribution in [-0.4, -0.2) is 13.1 Å². The largest absolute Gasteiger partial charge is 0.371 e. The van der Waals surface area contributed by atoms with E-state index >= 15 is 0 Å². The zero-order valence-corrected chi connectivity index (χ0v) is 12.9. The summed E-state index contributed by atoms with van der Waals surface area (Å²) in [4.78, 5) is 2.50. The third kappa shape index (κ3) is 2.62. The van der Waals surface area contributed by atoms with Gasteiger partial charge < -0.3 is 4.90 Å². The average molecular weight is 347 g/mol. The number of anilines is 1. The van der Waals surface area contributed by atoms with E-state index in [1.165, 1.54) is 24.2 Å². The van der Waals surface area contributed by atoms with Crippen molar-refractivity contribution in [3.63, 3.8) is 0 Å². The zero-order valence-electron chi connectivity index (χ0n) is 9.76. The van der Waals surface area contributed by atoms with Gasteiger partial charge >= 0.3 is 0 Å². The summed E-state index contributed by atoms with van der Waals surface area (Å²) < 4.78 is 1.16. The minimum atomic E-state index is 0.455. The monoisotopic (exact) mass is 345 g/mol. The Hall–Kier alpha value is -0.0200. The molecular weight excluding hydrogens is 330 g/mol. The number of benzene rings is 1. The van der Waals surface area contributed by atoms with Crippen LogP contribution in [0.25, 0.3) is 0 Å². The van der Waals surface area contributed by atoms with Crippen molar-refractivity contribution in [1.82, 2.24) is 0 Å². The third-order valence-corrected chi connectivity index (χ3v) is 4.30. The van der Waals surface area contributed by atoms with E-state index in [0.717, 1.165) is 16.3 Å². The quantitative estimate of drug-likeness (QED) is 0.708. The van der Waals surface area contributed by atoms with Gasteiger partial charge in [-0.2, -0.15) is 0 Å². The van der Waals surface area contributed by atoms with Gasteiger partial charge in [0.2, 0.25) is 0 Å². The summed E-state index contributed by atoms with van der Waals surface area (Å²) in [7, 11) is 0. The average Bonchev–Trinajstić information content (AvgIpc) is 2.58. The molecule has 2 rings (SSSR count). The smallest absolute Gasteiger partial charge is 0.0408 e. The summed E-state index contributed by atoms with van der Waals surface area (Å²) in [6.07, 6.45) is 1.28. The Kier molecular flexibility index (Phi) is 3.65. The maximum atomic E-state index is 3.57. The van der Waals surface area contributed by atoms with Gasteiger partial charge in [0.25, 0.3) is 0 Å². The fraction of sp³-hybridized carbons (Fsp3) is 0.538. The van der Waals surface area contributed by atoms with Gasteiger partial charge in [-0.3, -0.25) is 0 Å². The summed E-state index contributed by atoms with van der Waals surface area (Å²) in [5.41, 5.74) is 3.20. The van der Waals surface area contributed by atoms with Crippen molar-refractivity contribution < 1.29 is 0 Å². The zero-order chi connectivity index (χ0) is 11.8. The van der Waals surface area contributed by atoms with Crippen molar-refractivity contribution in [1.29, 1.82) is 0 Å². The Morgan fingerprint density at radius 3 is 2.69 bits per heavy atom. The molecule has 0 amide bonds. The SMILES string of the molecule is CC1(C)CCN(c2ccc(Br)cc2CBr)C1. The lowest BCUT2D eigenvalue weighted by Gasteiger charge is -2.24. The molecule has 1 heterocycles. The topological polar surface area (TPSA) is 3.24 Å². The van der Waals surface area contributed by atoms with Gasteiger partial charge in [-0.25, -0.2) is 0 Å². The Balaban J connectivity index is 2.27. The molecule has 1 aromatic rings. The number of nitrogens with zero attached hydrogens (tertiary/aromatic N) is 1. The summed E-state index contributed by atoms with van der Waals surface area (Å²) in [5, 5.41) is 0.915. The first-order valence-electron chi connectivity index (χ1n) is 5.61. The Morgan fingerprint density at radius 2 is 2.12 bits per heavy atom. The highest BCUT2D eigenvalue weighted by molar-refractivity contribution is 9.10. The summed E-state index contributed by atoms with van der Waals surface area (Å²) in [5.74, 6) is 0. The van der Waals surface area contributed by atoms with Crippen molar-refractivity contribution in [3.05, 3.63) is 28.2 Å². The molecule has 0 aromatic heterocycles. The molecule has 1 fully saturated rings. The van der Waals surface area contributed by atoms with Crippen LogP contribution in [0, 0.1) is 5.41 Å². The Morgan fingerprint density at radius 1 is 1.38 bits per heavy atom. The van der Waals surface area contributed by atoms with Gasteiger partial charge in [-0.15, -0.1) is 0 Å². The second-order valence-electron chi connectivity index (χ2n) is 5.24. The molecule has 0 saturated carbocycles. The van der Waals surface area contributed by atoms with Crippen molar-refractivity contribution >= 4 is 37.5 Å². The summed E-state index contributed by atoms with van der Waals surface area (Å²) in [6.45, 7) is 7.03. The molecule has 1 aliphatic heterocycles. The van der Waals surface area contributed by atoms with E-state index in [1.807, 2.05) is 0 Å². The van der Waals surface area contributed by atoms with Crippen molar-refractivity contribution in [2.45, 2.75) is 25.6 Å². The van der Waals surface area contributed by atoms with Crippen molar-refractivity contribution in [2.24, 2.45) is 5.41 Å². The summed E-state index contributed by atoms with van der Waals surface area (Å²) in [6, 6.07) is 6.56. The maximum Gasteiger partial charge on any atom is 0.0408 e. The number of rotatable bonds is 2. The lowest BCUT2D eigenvalue weighted by molar-refractivity contribution is 0.418. The van der Waals surface area contributed by atoms with Crippen LogP contribution in [0.3, 0.4) is 0 Å². The molecule has 88 valence electrons. The molecule has 16 heavy (non-hydrogen) atoms.